The Morgan fingerprint density at radius 2 is 1.55 bits per heavy atom. The number of rotatable bonds is 2. The van der Waals surface area contributed by atoms with Gasteiger partial charge >= 0.3 is 0 Å². The fourth-order valence-electron chi connectivity index (χ4n) is 1.51. The van der Waals surface area contributed by atoms with Crippen molar-refractivity contribution >= 4 is 114 Å². The van der Waals surface area contributed by atoms with Gasteiger partial charge in [0.1, 0.15) is 0 Å². The number of hydrogen-bond acceptors (Lipinski definition) is 1. The lowest BCUT2D eigenvalue weighted by Gasteiger charge is -2.11. The molecule has 0 saturated carbocycles. The maximum atomic E-state index is 12.4. The van der Waals surface area contributed by atoms with Crippen LogP contribution < -0.4 is 5.32 Å². The Balaban J connectivity index is 2.35. The lowest BCUT2D eigenvalue weighted by molar-refractivity contribution is 0.102. The predicted octanol–water partition coefficient (Wildman–Crippen LogP) is 6.01. The Labute approximate surface area is 176 Å². The molecule has 0 aliphatic rings. The second kappa shape index (κ2) is 7.59. The highest BCUT2D eigenvalue weighted by atomic mass is 127. The Bertz CT molecular complexity index is 667. The summed E-state index contributed by atoms with van der Waals surface area (Å²) < 4.78 is 4.06. The maximum Gasteiger partial charge on any atom is 0.256 e. The second-order valence-corrected chi connectivity index (χ2v) is 8.99. The van der Waals surface area contributed by atoms with Crippen molar-refractivity contribution in [1.82, 2.24) is 0 Å². The van der Waals surface area contributed by atoms with Gasteiger partial charge in [0, 0.05) is 19.3 Å². The van der Waals surface area contributed by atoms with E-state index in [1.165, 1.54) is 0 Å². The summed E-state index contributed by atoms with van der Waals surface area (Å²) in [6.45, 7) is 0. The third-order valence-electron chi connectivity index (χ3n) is 2.42. The van der Waals surface area contributed by atoms with Crippen molar-refractivity contribution in [2.45, 2.75) is 0 Å². The Morgan fingerprint density at radius 3 is 2.15 bits per heavy atom. The zero-order chi connectivity index (χ0) is 14.9. The summed E-state index contributed by atoms with van der Waals surface area (Å²) in [4.78, 5) is 12.4. The second-order valence-electron chi connectivity index (χ2n) is 3.82. The SMILES string of the molecule is O=C(Nc1c(I)cc(I)cc1I)c1cc(Cl)ccc1I. The molecule has 20 heavy (non-hydrogen) atoms. The van der Waals surface area contributed by atoms with E-state index in [1.54, 1.807) is 12.1 Å². The zero-order valence-corrected chi connectivity index (χ0v) is 19.1. The van der Waals surface area contributed by atoms with Crippen molar-refractivity contribution in [3.63, 3.8) is 0 Å². The van der Waals surface area contributed by atoms with Gasteiger partial charge < -0.3 is 5.32 Å². The monoisotopic (exact) mass is 735 g/mol. The number of nitrogens with one attached hydrogen (secondary N) is 1. The van der Waals surface area contributed by atoms with Crippen molar-refractivity contribution in [3.8, 4) is 0 Å². The summed E-state index contributed by atoms with van der Waals surface area (Å²) in [6, 6.07) is 9.36. The number of benzene rings is 2. The van der Waals surface area contributed by atoms with Crippen LogP contribution in [0.25, 0.3) is 0 Å². The molecular formula is C13H6ClI4NO. The first-order valence-corrected chi connectivity index (χ1v) is 9.98. The quantitative estimate of drug-likeness (QED) is 0.377. The largest absolute Gasteiger partial charge is 0.320 e. The van der Waals surface area contributed by atoms with E-state index in [1.807, 2.05) is 18.2 Å². The molecule has 1 N–H and O–H groups in total. The molecule has 2 nitrogen and oxygen atoms in total. The van der Waals surface area contributed by atoms with Crippen LogP contribution in [-0.2, 0) is 0 Å². The van der Waals surface area contributed by atoms with E-state index in [4.69, 9.17) is 11.6 Å². The summed E-state index contributed by atoms with van der Waals surface area (Å²) in [7, 11) is 0. The highest BCUT2D eigenvalue weighted by molar-refractivity contribution is 14.1. The molecule has 0 bridgehead atoms. The smallest absolute Gasteiger partial charge is 0.256 e. The van der Waals surface area contributed by atoms with Gasteiger partial charge in [-0.2, -0.15) is 0 Å². The molecule has 0 unspecified atom stereocenters. The molecule has 0 fully saturated rings. The lowest BCUT2D eigenvalue weighted by atomic mass is 10.2. The Kier molecular flexibility index (Phi) is 6.64. The van der Waals surface area contributed by atoms with Gasteiger partial charge in [-0.05, 0) is 121 Å². The highest BCUT2D eigenvalue weighted by Crippen LogP contribution is 2.28. The molecular weight excluding hydrogens is 729 g/mol. The van der Waals surface area contributed by atoms with E-state index in [0.29, 0.717) is 10.6 Å². The average Bonchev–Trinajstić information content (AvgIpc) is 2.36. The number of halogens is 5. The molecule has 0 radical (unpaired) electrons. The number of hydrogen-bond donors (Lipinski definition) is 1. The molecule has 2 aromatic rings. The molecule has 0 atom stereocenters. The minimum absolute atomic E-state index is 0.144. The molecule has 0 aromatic heterocycles. The van der Waals surface area contributed by atoms with Crippen LogP contribution in [0.2, 0.25) is 5.02 Å². The van der Waals surface area contributed by atoms with E-state index in [2.05, 4.69) is 95.7 Å². The summed E-state index contributed by atoms with van der Waals surface area (Å²) in [5.74, 6) is -0.144. The van der Waals surface area contributed by atoms with Gasteiger partial charge in [0.2, 0.25) is 0 Å². The van der Waals surface area contributed by atoms with Crippen LogP contribution in [0.5, 0.6) is 0 Å². The van der Waals surface area contributed by atoms with Gasteiger partial charge in [-0.3, -0.25) is 4.79 Å². The van der Waals surface area contributed by atoms with E-state index in [9.17, 15) is 4.79 Å². The van der Waals surface area contributed by atoms with E-state index >= 15 is 0 Å². The van der Waals surface area contributed by atoms with Crippen molar-refractivity contribution in [1.29, 1.82) is 0 Å². The number of carbonyl (C=O) groups excluding carboxylic acids is 1. The molecule has 0 heterocycles. The first-order valence-electron chi connectivity index (χ1n) is 5.29. The Hall–Kier alpha value is 1.12. The highest BCUT2D eigenvalue weighted by Gasteiger charge is 2.14. The normalized spacial score (nSPS) is 10.4. The van der Waals surface area contributed by atoms with Gasteiger partial charge in [0.25, 0.3) is 5.91 Å². The van der Waals surface area contributed by atoms with Gasteiger partial charge in [-0.25, -0.2) is 0 Å². The van der Waals surface area contributed by atoms with Gasteiger partial charge in [0.15, 0.2) is 0 Å². The zero-order valence-electron chi connectivity index (χ0n) is 9.68. The molecule has 1 amide bonds. The molecule has 2 rings (SSSR count). The number of anilines is 1. The summed E-state index contributed by atoms with van der Waals surface area (Å²) in [6.07, 6.45) is 0. The average molecular weight is 735 g/mol. The lowest BCUT2D eigenvalue weighted by Crippen LogP contribution is -2.15. The fourth-order valence-corrected chi connectivity index (χ4v) is 6.12. The van der Waals surface area contributed by atoms with Crippen molar-refractivity contribution in [3.05, 3.63) is 55.2 Å². The van der Waals surface area contributed by atoms with E-state index in [-0.39, 0.29) is 5.91 Å². The summed E-state index contributed by atoms with van der Waals surface area (Å²) in [5, 5.41) is 3.53. The molecule has 0 aliphatic heterocycles. The molecule has 0 spiro atoms. The molecule has 0 aliphatic carbocycles. The van der Waals surface area contributed by atoms with Crippen LogP contribution >= 0.6 is 102 Å². The third kappa shape index (κ3) is 4.32. The van der Waals surface area contributed by atoms with Crippen LogP contribution in [0.15, 0.2) is 30.3 Å². The third-order valence-corrected chi connectivity index (χ3v) is 5.92. The predicted molar refractivity (Wildman–Crippen MR) is 117 cm³/mol. The van der Waals surface area contributed by atoms with Crippen LogP contribution in [0.1, 0.15) is 10.4 Å². The number of amides is 1. The van der Waals surface area contributed by atoms with Crippen LogP contribution in [-0.4, -0.2) is 5.91 Å². The van der Waals surface area contributed by atoms with Crippen LogP contribution in [0.4, 0.5) is 5.69 Å². The number of carbonyl (C=O) groups is 1. The van der Waals surface area contributed by atoms with E-state index < -0.39 is 0 Å². The van der Waals surface area contributed by atoms with Crippen LogP contribution in [0.3, 0.4) is 0 Å². The molecule has 7 heteroatoms. The fraction of sp³-hybridized carbons (Fsp3) is 0. The van der Waals surface area contributed by atoms with Crippen molar-refractivity contribution < 1.29 is 4.79 Å². The molecule has 0 saturated heterocycles. The summed E-state index contributed by atoms with van der Waals surface area (Å²) in [5.41, 5.74) is 1.43. The summed E-state index contributed by atoms with van der Waals surface area (Å²) >= 11 is 14.8. The van der Waals surface area contributed by atoms with Crippen LogP contribution in [0, 0.1) is 14.3 Å². The standard InChI is InChI=1S/C13H6ClI4NO/c14-6-1-2-9(16)8(3-6)13(20)19-12-10(17)4-7(15)5-11(12)18/h1-5H,(H,19,20). The van der Waals surface area contributed by atoms with E-state index in [0.717, 1.165) is 20.0 Å². The van der Waals surface area contributed by atoms with Crippen molar-refractivity contribution in [2.75, 3.05) is 5.32 Å². The van der Waals surface area contributed by atoms with Crippen molar-refractivity contribution in [2.24, 2.45) is 0 Å². The minimum Gasteiger partial charge on any atom is -0.320 e. The molecule has 2 aromatic carbocycles. The molecule has 104 valence electrons. The Morgan fingerprint density at radius 1 is 0.950 bits per heavy atom. The van der Waals surface area contributed by atoms with Gasteiger partial charge in [0.05, 0.1) is 11.3 Å². The van der Waals surface area contributed by atoms with Gasteiger partial charge in [-0.15, -0.1) is 0 Å². The minimum atomic E-state index is -0.144. The first-order chi connectivity index (χ1) is 9.38. The first kappa shape index (κ1) is 17.5. The maximum absolute atomic E-state index is 12.4. The topological polar surface area (TPSA) is 29.1 Å². The van der Waals surface area contributed by atoms with Gasteiger partial charge in [-0.1, -0.05) is 11.6 Å².